The topological polar surface area (TPSA) is 39.7 Å². The van der Waals surface area contributed by atoms with Gasteiger partial charge in [0.05, 0.1) is 5.00 Å². The zero-order chi connectivity index (χ0) is 15.1. The molecule has 2 rings (SSSR count). The monoisotopic (exact) mass is 444 g/mol. The maximum absolute atomic E-state index is 12.3. The summed E-state index contributed by atoms with van der Waals surface area (Å²) in [7, 11) is 0. The number of aliphatic imine (C=N–C) groups is 1. The fourth-order valence-corrected chi connectivity index (χ4v) is 3.15. The van der Waals surface area contributed by atoms with Crippen LogP contribution in [0.3, 0.4) is 0 Å². The highest BCUT2D eigenvalue weighted by atomic mass is 127. The lowest BCUT2D eigenvalue weighted by Crippen LogP contribution is -2.48. The van der Waals surface area contributed by atoms with Crippen LogP contribution in [-0.2, 0) is 0 Å². The molecule has 126 valence electrons. The van der Waals surface area contributed by atoms with Crippen molar-refractivity contribution in [2.24, 2.45) is 4.99 Å². The first-order chi connectivity index (χ1) is 10.2. The van der Waals surface area contributed by atoms with Gasteiger partial charge in [0, 0.05) is 25.7 Å². The molecule has 0 saturated carbocycles. The Hall–Kier alpha value is -0.640. The average Bonchev–Trinajstić information content (AvgIpc) is 3.00. The molecule has 1 fully saturated rings. The maximum Gasteiger partial charge on any atom is 0.257 e. The predicted molar refractivity (Wildman–Crippen MR) is 100 cm³/mol. The molecule has 4 nitrogen and oxygen atoms in total. The number of guanidine groups is 1. The van der Waals surface area contributed by atoms with E-state index in [4.69, 9.17) is 0 Å². The van der Waals surface area contributed by atoms with E-state index in [-0.39, 0.29) is 30.0 Å². The molecule has 0 aromatic carbocycles. The number of hydrogen-bond acceptors (Lipinski definition) is 3. The van der Waals surface area contributed by atoms with Gasteiger partial charge in [-0.15, -0.1) is 35.3 Å². The van der Waals surface area contributed by atoms with E-state index in [0.717, 1.165) is 25.9 Å². The van der Waals surface area contributed by atoms with Gasteiger partial charge in [-0.05, 0) is 37.3 Å². The van der Waals surface area contributed by atoms with Crippen LogP contribution in [0.4, 0.5) is 13.8 Å². The molecule has 1 aliphatic heterocycles. The van der Waals surface area contributed by atoms with Crippen LogP contribution in [0.15, 0.2) is 22.5 Å². The standard InChI is InChI=1S/C14H22F2N4S.HI/c1-2-17-14(18-10-12(15)16)19-11-5-7-20(8-6-11)13-4-3-9-21-13;/h3-4,9,11-12H,2,5-8,10H2,1H3,(H2,17,18,19);1H. The van der Waals surface area contributed by atoms with Gasteiger partial charge >= 0.3 is 0 Å². The number of thiophene rings is 1. The third-order valence-corrected chi connectivity index (χ3v) is 4.31. The van der Waals surface area contributed by atoms with E-state index in [0.29, 0.717) is 12.5 Å². The SMILES string of the molecule is CCNC(=NCC(F)F)NC1CCN(c2cccs2)CC1.I. The summed E-state index contributed by atoms with van der Waals surface area (Å²) in [4.78, 5) is 6.28. The Bertz CT molecular complexity index is 434. The summed E-state index contributed by atoms with van der Waals surface area (Å²) in [5, 5.41) is 9.66. The van der Waals surface area contributed by atoms with E-state index in [1.54, 1.807) is 11.3 Å². The molecule has 0 aliphatic carbocycles. The summed E-state index contributed by atoms with van der Waals surface area (Å²) < 4.78 is 24.5. The third-order valence-electron chi connectivity index (χ3n) is 3.39. The summed E-state index contributed by atoms with van der Waals surface area (Å²) in [5.41, 5.74) is 0. The second-order valence-electron chi connectivity index (χ2n) is 4.97. The molecule has 0 spiro atoms. The maximum atomic E-state index is 12.3. The summed E-state index contributed by atoms with van der Waals surface area (Å²) in [6, 6.07) is 4.48. The van der Waals surface area contributed by atoms with Gasteiger partial charge in [-0.3, -0.25) is 0 Å². The second-order valence-corrected chi connectivity index (χ2v) is 5.89. The van der Waals surface area contributed by atoms with Crippen molar-refractivity contribution in [1.29, 1.82) is 0 Å². The van der Waals surface area contributed by atoms with Crippen molar-refractivity contribution in [2.45, 2.75) is 32.2 Å². The van der Waals surface area contributed by atoms with E-state index in [1.165, 1.54) is 5.00 Å². The zero-order valence-corrected chi connectivity index (χ0v) is 15.7. The normalized spacial score (nSPS) is 16.5. The molecule has 0 amide bonds. The summed E-state index contributed by atoms with van der Waals surface area (Å²) in [6.45, 7) is 4.10. The molecule has 8 heteroatoms. The van der Waals surface area contributed by atoms with Crippen molar-refractivity contribution in [3.05, 3.63) is 17.5 Å². The van der Waals surface area contributed by atoms with Gasteiger partial charge in [0.15, 0.2) is 5.96 Å². The Morgan fingerprint density at radius 1 is 1.45 bits per heavy atom. The molecule has 22 heavy (non-hydrogen) atoms. The first-order valence-electron chi connectivity index (χ1n) is 7.30. The number of rotatable bonds is 5. The molecule has 0 unspecified atom stereocenters. The molecule has 1 aliphatic rings. The predicted octanol–water partition coefficient (Wildman–Crippen LogP) is 3.16. The van der Waals surface area contributed by atoms with Gasteiger partial charge in [0.25, 0.3) is 6.43 Å². The summed E-state index contributed by atoms with van der Waals surface area (Å²) >= 11 is 1.75. The van der Waals surface area contributed by atoms with E-state index in [1.807, 2.05) is 6.92 Å². The fourth-order valence-electron chi connectivity index (χ4n) is 2.37. The third kappa shape index (κ3) is 6.23. The molecule has 1 aromatic rings. The number of hydrogen-bond donors (Lipinski definition) is 2. The Morgan fingerprint density at radius 2 is 2.18 bits per heavy atom. The van der Waals surface area contributed by atoms with Crippen LogP contribution >= 0.6 is 35.3 Å². The van der Waals surface area contributed by atoms with Crippen LogP contribution < -0.4 is 15.5 Å². The molecule has 0 radical (unpaired) electrons. The van der Waals surface area contributed by atoms with Gasteiger partial charge < -0.3 is 15.5 Å². The van der Waals surface area contributed by atoms with Crippen molar-refractivity contribution < 1.29 is 8.78 Å². The average molecular weight is 444 g/mol. The lowest BCUT2D eigenvalue weighted by Gasteiger charge is -2.33. The van der Waals surface area contributed by atoms with Crippen molar-refractivity contribution in [3.63, 3.8) is 0 Å². The number of nitrogens with zero attached hydrogens (tertiary/aromatic N) is 2. The Balaban J connectivity index is 0.00000242. The van der Waals surface area contributed by atoms with Crippen LogP contribution in [0.25, 0.3) is 0 Å². The van der Waals surface area contributed by atoms with E-state index >= 15 is 0 Å². The first kappa shape index (κ1) is 19.4. The molecule has 0 bridgehead atoms. The van der Waals surface area contributed by atoms with Crippen molar-refractivity contribution >= 4 is 46.3 Å². The summed E-state index contributed by atoms with van der Waals surface area (Å²) in [6.07, 6.45) is -0.435. The van der Waals surface area contributed by atoms with Crippen LogP contribution in [-0.4, -0.2) is 44.6 Å². The van der Waals surface area contributed by atoms with Crippen LogP contribution in [0.5, 0.6) is 0 Å². The molecule has 2 heterocycles. The van der Waals surface area contributed by atoms with Gasteiger partial charge in [-0.2, -0.15) is 0 Å². The van der Waals surface area contributed by atoms with Crippen LogP contribution in [0, 0.1) is 0 Å². The van der Waals surface area contributed by atoms with E-state index in [9.17, 15) is 8.78 Å². The lowest BCUT2D eigenvalue weighted by molar-refractivity contribution is 0.158. The number of nitrogens with one attached hydrogen (secondary N) is 2. The zero-order valence-electron chi connectivity index (χ0n) is 12.6. The largest absolute Gasteiger partial charge is 0.363 e. The second kappa shape index (κ2) is 10.2. The van der Waals surface area contributed by atoms with Crippen LogP contribution in [0.1, 0.15) is 19.8 Å². The van der Waals surface area contributed by atoms with Gasteiger partial charge in [-0.25, -0.2) is 13.8 Å². The quantitative estimate of drug-likeness (QED) is 0.417. The number of alkyl halides is 2. The number of halogens is 3. The van der Waals surface area contributed by atoms with Crippen molar-refractivity contribution in [3.8, 4) is 0 Å². The Kier molecular flexibility index (Phi) is 8.99. The minimum atomic E-state index is -2.40. The fraction of sp³-hybridized carbons (Fsp3) is 0.643. The van der Waals surface area contributed by atoms with Gasteiger partial charge in [-0.1, -0.05) is 0 Å². The smallest absolute Gasteiger partial charge is 0.257 e. The van der Waals surface area contributed by atoms with Gasteiger partial charge in [0.1, 0.15) is 6.54 Å². The molecule has 2 N–H and O–H groups in total. The highest BCUT2D eigenvalue weighted by molar-refractivity contribution is 14.0. The molecular formula is C14H23F2IN4S. The molecule has 0 atom stereocenters. The van der Waals surface area contributed by atoms with Crippen molar-refractivity contribution in [2.75, 3.05) is 31.1 Å². The van der Waals surface area contributed by atoms with Crippen LogP contribution in [0.2, 0.25) is 0 Å². The van der Waals surface area contributed by atoms with E-state index < -0.39 is 13.0 Å². The van der Waals surface area contributed by atoms with Crippen molar-refractivity contribution in [1.82, 2.24) is 10.6 Å². The Labute approximate surface area is 151 Å². The summed E-state index contributed by atoms with van der Waals surface area (Å²) in [5.74, 6) is 0.493. The number of piperidine rings is 1. The number of anilines is 1. The lowest BCUT2D eigenvalue weighted by atomic mass is 10.1. The molecule has 1 aromatic heterocycles. The van der Waals surface area contributed by atoms with Gasteiger partial charge in [0.2, 0.25) is 0 Å². The molecule has 1 saturated heterocycles. The minimum absolute atomic E-state index is 0. The molecular weight excluding hydrogens is 421 g/mol. The highest BCUT2D eigenvalue weighted by Gasteiger charge is 2.20. The first-order valence-corrected chi connectivity index (χ1v) is 8.18. The Morgan fingerprint density at radius 3 is 2.73 bits per heavy atom. The minimum Gasteiger partial charge on any atom is -0.363 e. The van der Waals surface area contributed by atoms with E-state index in [2.05, 4.69) is 38.0 Å². The highest BCUT2D eigenvalue weighted by Crippen LogP contribution is 2.24.